The van der Waals surface area contributed by atoms with Crippen LogP contribution in [0.25, 0.3) is 0 Å². The lowest BCUT2D eigenvalue weighted by Gasteiger charge is -2.44. The Kier molecular flexibility index (Phi) is 7.88. The van der Waals surface area contributed by atoms with Crippen LogP contribution in [0.2, 0.25) is 5.02 Å². The molecule has 2 aliphatic heterocycles. The lowest BCUT2D eigenvalue weighted by molar-refractivity contribution is -0.138. The molecule has 0 aliphatic carbocycles. The summed E-state index contributed by atoms with van der Waals surface area (Å²) >= 11 is 6.12. The van der Waals surface area contributed by atoms with Gasteiger partial charge in [0.15, 0.2) is 0 Å². The van der Waals surface area contributed by atoms with Gasteiger partial charge in [-0.05, 0) is 50.1 Å². The van der Waals surface area contributed by atoms with Gasteiger partial charge < -0.3 is 24.2 Å². The van der Waals surface area contributed by atoms with Gasteiger partial charge >= 0.3 is 0 Å². The predicted octanol–water partition coefficient (Wildman–Crippen LogP) is 4.33. The van der Waals surface area contributed by atoms with Crippen LogP contribution in [0.15, 0.2) is 48.5 Å². The number of β-amino-alcohol motifs (C(OH)–C–C–N with tert-alkyl or cyclic N) is 1. The molecule has 2 atom stereocenters. The monoisotopic (exact) mass is 453 g/mol. The lowest BCUT2D eigenvalue weighted by Crippen LogP contribution is -2.54. The first-order valence-electron chi connectivity index (χ1n) is 10.2. The number of fused-ring (bicyclic) bond motifs is 1. The van der Waals surface area contributed by atoms with E-state index in [2.05, 4.69) is 11.8 Å². The number of likely N-dealkylation sites (tertiary alicyclic amines) is 1. The third-order valence-corrected chi connectivity index (χ3v) is 6.17. The molecule has 1 fully saturated rings. The van der Waals surface area contributed by atoms with E-state index in [0.29, 0.717) is 18.2 Å². The van der Waals surface area contributed by atoms with E-state index in [1.807, 2.05) is 48.5 Å². The molecule has 2 heterocycles. The molecule has 0 aromatic heterocycles. The summed E-state index contributed by atoms with van der Waals surface area (Å²) in [6.07, 6.45) is 1.15. The third kappa shape index (κ3) is 5.40. The number of halogens is 2. The van der Waals surface area contributed by atoms with Crippen LogP contribution in [0.3, 0.4) is 0 Å². The van der Waals surface area contributed by atoms with E-state index in [-0.39, 0.29) is 30.7 Å². The highest BCUT2D eigenvalue weighted by atomic mass is 35.5. The Morgan fingerprint density at radius 3 is 2.67 bits per heavy atom. The fraction of sp³-hybridized carbons (Fsp3) is 0.478. The molecule has 0 bridgehead atoms. The Morgan fingerprint density at radius 2 is 1.93 bits per heavy atom. The molecule has 2 aromatic carbocycles. The highest BCUT2D eigenvalue weighted by Gasteiger charge is 2.44. The summed E-state index contributed by atoms with van der Waals surface area (Å²) in [7, 11) is 0. The molecular weight excluding hydrogens is 425 g/mol. The van der Waals surface area contributed by atoms with Crippen molar-refractivity contribution in [2.75, 3.05) is 26.2 Å². The summed E-state index contributed by atoms with van der Waals surface area (Å²) in [5, 5.41) is 11.1. The topological polar surface area (TPSA) is 51.2 Å². The second-order valence-corrected chi connectivity index (χ2v) is 8.38. The molecule has 2 unspecified atom stereocenters. The zero-order valence-electron chi connectivity index (χ0n) is 17.1. The van der Waals surface area contributed by atoms with Crippen LogP contribution in [0, 0.1) is 0 Å². The highest BCUT2D eigenvalue weighted by molar-refractivity contribution is 6.30. The van der Waals surface area contributed by atoms with Crippen LogP contribution in [-0.4, -0.2) is 54.1 Å². The maximum atomic E-state index is 10.4. The zero-order chi connectivity index (χ0) is 20.3. The Bertz CT molecular complexity index is 812. The Hall–Kier alpha value is -1.50. The minimum Gasteiger partial charge on any atom is -0.491 e. The zero-order valence-corrected chi connectivity index (χ0v) is 18.7. The maximum Gasteiger partial charge on any atom is 0.125 e. The summed E-state index contributed by atoms with van der Waals surface area (Å²) < 4.78 is 18.3. The molecule has 0 radical (unpaired) electrons. The number of rotatable bonds is 5. The normalized spacial score (nSPS) is 21.6. The number of para-hydroxylation sites is 1. The first kappa shape index (κ1) is 23.2. The van der Waals surface area contributed by atoms with E-state index in [9.17, 15) is 5.11 Å². The number of piperidine rings is 1. The smallest absolute Gasteiger partial charge is 0.125 e. The van der Waals surface area contributed by atoms with Crippen LogP contribution in [0.4, 0.5) is 0 Å². The molecule has 1 saturated heterocycles. The number of ether oxygens (including phenoxy) is 3. The van der Waals surface area contributed by atoms with Crippen molar-refractivity contribution in [2.24, 2.45) is 0 Å². The minimum atomic E-state index is -0.528. The van der Waals surface area contributed by atoms with Crippen LogP contribution in [0.1, 0.15) is 25.3 Å². The first-order chi connectivity index (χ1) is 14.0. The van der Waals surface area contributed by atoms with E-state index in [4.69, 9.17) is 25.8 Å². The molecule has 5 nitrogen and oxygen atoms in total. The van der Waals surface area contributed by atoms with Crippen LogP contribution < -0.4 is 9.47 Å². The number of benzene rings is 2. The molecule has 30 heavy (non-hydrogen) atoms. The molecule has 164 valence electrons. The first-order valence-corrected chi connectivity index (χ1v) is 10.6. The average Bonchev–Trinajstić information content (AvgIpc) is 2.86. The molecule has 1 spiro atoms. The van der Waals surface area contributed by atoms with Crippen molar-refractivity contribution < 1.29 is 19.3 Å². The van der Waals surface area contributed by atoms with Gasteiger partial charge in [-0.25, -0.2) is 0 Å². The van der Waals surface area contributed by atoms with Gasteiger partial charge in [-0.2, -0.15) is 0 Å². The molecule has 4 rings (SSSR count). The quantitative estimate of drug-likeness (QED) is 0.729. The fourth-order valence-electron chi connectivity index (χ4n) is 4.14. The molecule has 1 N–H and O–H groups in total. The number of aliphatic hydroxyl groups is 1. The third-order valence-electron chi connectivity index (χ3n) is 5.94. The molecule has 0 amide bonds. The van der Waals surface area contributed by atoms with Gasteiger partial charge in [0.05, 0.1) is 6.61 Å². The van der Waals surface area contributed by atoms with Gasteiger partial charge in [0.1, 0.15) is 35.9 Å². The van der Waals surface area contributed by atoms with Gasteiger partial charge in [-0.1, -0.05) is 29.8 Å². The fourth-order valence-corrected chi connectivity index (χ4v) is 4.33. The number of hydrogen-bond acceptors (Lipinski definition) is 5. The summed E-state index contributed by atoms with van der Waals surface area (Å²) in [6.45, 7) is 5.18. The van der Waals surface area contributed by atoms with Gasteiger partial charge in [-0.3, -0.25) is 0 Å². The molecule has 0 saturated carbocycles. The van der Waals surface area contributed by atoms with Crippen molar-refractivity contribution in [2.45, 2.75) is 44.2 Å². The summed E-state index contributed by atoms with van der Waals surface area (Å²) in [5.41, 5.74) is 0.685. The van der Waals surface area contributed by atoms with Crippen molar-refractivity contribution >= 4 is 24.0 Å². The van der Waals surface area contributed by atoms with E-state index in [1.54, 1.807) is 0 Å². The maximum absolute atomic E-state index is 10.4. The van der Waals surface area contributed by atoms with E-state index >= 15 is 0 Å². The molecule has 2 aromatic rings. The minimum absolute atomic E-state index is 0. The van der Waals surface area contributed by atoms with E-state index in [1.165, 1.54) is 0 Å². The number of nitrogens with zero attached hydrogens (tertiary/aromatic N) is 1. The lowest BCUT2D eigenvalue weighted by atomic mass is 9.86. The van der Waals surface area contributed by atoms with Crippen LogP contribution in [-0.2, 0) is 11.3 Å². The second-order valence-electron chi connectivity index (χ2n) is 7.94. The van der Waals surface area contributed by atoms with Crippen LogP contribution >= 0.6 is 24.0 Å². The van der Waals surface area contributed by atoms with E-state index in [0.717, 1.165) is 43.0 Å². The Labute approximate surface area is 189 Å². The second kappa shape index (κ2) is 10.2. The predicted molar refractivity (Wildman–Crippen MR) is 120 cm³/mol. The number of hydrogen-bond donors (Lipinski definition) is 1. The molecule has 2 aliphatic rings. The van der Waals surface area contributed by atoms with Crippen molar-refractivity contribution in [3.05, 3.63) is 59.1 Å². The standard InChI is InChI=1S/C23H28ClNO4.ClH/c1-17-23(28-15-18-13-19(24)7-8-22(18)29-17)9-11-25(12-10-23)14-20(26)16-27-21-5-3-2-4-6-21;/h2-8,13,17,20,26H,9-12,14-16H2,1H3;1H. The highest BCUT2D eigenvalue weighted by Crippen LogP contribution is 2.38. The Balaban J connectivity index is 0.00000256. The summed E-state index contributed by atoms with van der Waals surface area (Å²) in [5.74, 6) is 1.64. The van der Waals surface area contributed by atoms with Crippen molar-refractivity contribution in [3.8, 4) is 11.5 Å². The van der Waals surface area contributed by atoms with Gasteiger partial charge in [0.2, 0.25) is 0 Å². The number of aliphatic hydroxyl groups excluding tert-OH is 1. The summed E-state index contributed by atoms with van der Waals surface area (Å²) in [6, 6.07) is 15.3. The van der Waals surface area contributed by atoms with Gasteiger partial charge in [0, 0.05) is 30.2 Å². The average molecular weight is 454 g/mol. The SMILES string of the molecule is CC1Oc2ccc(Cl)cc2COC12CCN(CC(O)COc1ccccc1)CC2.Cl. The Morgan fingerprint density at radius 1 is 1.20 bits per heavy atom. The van der Waals surface area contributed by atoms with Gasteiger partial charge in [-0.15, -0.1) is 12.4 Å². The van der Waals surface area contributed by atoms with Crippen molar-refractivity contribution in [1.29, 1.82) is 0 Å². The largest absolute Gasteiger partial charge is 0.491 e. The molecular formula is C23H29Cl2NO4. The van der Waals surface area contributed by atoms with Crippen LogP contribution in [0.5, 0.6) is 11.5 Å². The van der Waals surface area contributed by atoms with Crippen molar-refractivity contribution in [3.63, 3.8) is 0 Å². The van der Waals surface area contributed by atoms with Crippen molar-refractivity contribution in [1.82, 2.24) is 4.90 Å². The van der Waals surface area contributed by atoms with Gasteiger partial charge in [0.25, 0.3) is 0 Å². The molecule has 7 heteroatoms. The summed E-state index contributed by atoms with van der Waals surface area (Å²) in [4.78, 5) is 2.27. The van der Waals surface area contributed by atoms with E-state index < -0.39 is 6.10 Å².